The van der Waals surface area contributed by atoms with Crippen molar-refractivity contribution in [2.75, 3.05) is 13.1 Å². The standard InChI is InChI=1S/C27H40N4O4/c1-19(2)16-31(17-24(32)23(28)15-21-11-7-5-8-12-21)30-26(33)25(20(3)4)29-27(34)35-18-22-13-9-6-10-14-22/h5-14,19-20,23-25,32H,15-18,28H2,1-4H3,(H,29,34)(H,30,33)/t23-,24-,25-/m0/s1. The summed E-state index contributed by atoms with van der Waals surface area (Å²) in [7, 11) is 0. The second kappa shape index (κ2) is 14.5. The zero-order valence-corrected chi connectivity index (χ0v) is 21.2. The Morgan fingerprint density at radius 3 is 2.06 bits per heavy atom. The fourth-order valence-corrected chi connectivity index (χ4v) is 3.64. The molecular weight excluding hydrogens is 444 g/mol. The minimum Gasteiger partial charge on any atom is -0.445 e. The number of carbonyl (C=O) groups is 2. The molecule has 0 radical (unpaired) electrons. The Hall–Kier alpha value is -2.94. The van der Waals surface area contributed by atoms with Crippen LogP contribution in [0.1, 0.15) is 38.8 Å². The van der Waals surface area contributed by atoms with Crippen molar-refractivity contribution in [1.82, 2.24) is 15.8 Å². The van der Waals surface area contributed by atoms with Gasteiger partial charge in [-0.25, -0.2) is 9.80 Å². The average molecular weight is 485 g/mol. The predicted octanol–water partition coefficient (Wildman–Crippen LogP) is 2.86. The van der Waals surface area contributed by atoms with Crippen LogP contribution in [0, 0.1) is 11.8 Å². The van der Waals surface area contributed by atoms with Crippen LogP contribution in [0.2, 0.25) is 0 Å². The smallest absolute Gasteiger partial charge is 0.408 e. The fraction of sp³-hybridized carbons (Fsp3) is 0.481. The number of hydrazine groups is 1. The molecule has 0 fully saturated rings. The molecule has 0 aromatic heterocycles. The molecule has 0 aliphatic heterocycles. The highest BCUT2D eigenvalue weighted by atomic mass is 16.5. The van der Waals surface area contributed by atoms with E-state index in [-0.39, 0.29) is 30.9 Å². The lowest BCUT2D eigenvalue weighted by Crippen LogP contribution is -2.57. The van der Waals surface area contributed by atoms with Gasteiger partial charge in [-0.1, -0.05) is 88.4 Å². The van der Waals surface area contributed by atoms with E-state index in [1.165, 1.54) is 0 Å². The molecule has 5 N–H and O–H groups in total. The van der Waals surface area contributed by atoms with Gasteiger partial charge in [0.05, 0.1) is 6.10 Å². The third-order valence-electron chi connectivity index (χ3n) is 5.50. The molecule has 2 amide bonds. The van der Waals surface area contributed by atoms with E-state index in [0.717, 1.165) is 11.1 Å². The maximum atomic E-state index is 13.1. The van der Waals surface area contributed by atoms with Crippen LogP contribution in [-0.2, 0) is 22.6 Å². The number of carbonyl (C=O) groups excluding carboxylic acids is 2. The van der Waals surface area contributed by atoms with Gasteiger partial charge in [0, 0.05) is 19.1 Å². The van der Waals surface area contributed by atoms with E-state index in [9.17, 15) is 14.7 Å². The average Bonchev–Trinajstić information content (AvgIpc) is 2.81. The highest BCUT2D eigenvalue weighted by Gasteiger charge is 2.28. The van der Waals surface area contributed by atoms with E-state index in [1.54, 1.807) is 5.01 Å². The molecular formula is C27H40N4O4. The summed E-state index contributed by atoms with van der Waals surface area (Å²) in [4.78, 5) is 25.4. The first-order chi connectivity index (χ1) is 16.7. The van der Waals surface area contributed by atoms with Crippen molar-refractivity contribution in [3.63, 3.8) is 0 Å². The van der Waals surface area contributed by atoms with Crippen LogP contribution in [0.25, 0.3) is 0 Å². The second-order valence-electron chi connectivity index (χ2n) is 9.62. The van der Waals surface area contributed by atoms with Crippen molar-refractivity contribution in [3.05, 3.63) is 71.8 Å². The third-order valence-corrected chi connectivity index (χ3v) is 5.50. The number of hydrogen-bond acceptors (Lipinski definition) is 6. The number of rotatable bonds is 13. The number of ether oxygens (including phenoxy) is 1. The minimum atomic E-state index is -0.851. The van der Waals surface area contributed by atoms with E-state index in [0.29, 0.717) is 13.0 Å². The summed E-state index contributed by atoms with van der Waals surface area (Å²) < 4.78 is 5.28. The molecule has 2 aromatic rings. The van der Waals surface area contributed by atoms with E-state index < -0.39 is 24.3 Å². The lowest BCUT2D eigenvalue weighted by Gasteiger charge is -2.31. The molecule has 0 saturated carbocycles. The first-order valence-electron chi connectivity index (χ1n) is 12.2. The summed E-state index contributed by atoms with van der Waals surface area (Å²) in [5.41, 5.74) is 11.0. The number of amides is 2. The molecule has 0 unspecified atom stereocenters. The van der Waals surface area contributed by atoms with Gasteiger partial charge in [-0.2, -0.15) is 0 Å². The van der Waals surface area contributed by atoms with Crippen LogP contribution < -0.4 is 16.5 Å². The lowest BCUT2D eigenvalue weighted by molar-refractivity contribution is -0.130. The summed E-state index contributed by atoms with van der Waals surface area (Å²) in [6.07, 6.45) is -0.992. The third kappa shape index (κ3) is 10.5. The minimum absolute atomic E-state index is 0.115. The van der Waals surface area contributed by atoms with E-state index in [4.69, 9.17) is 10.5 Å². The Morgan fingerprint density at radius 1 is 0.943 bits per heavy atom. The summed E-state index contributed by atoms with van der Waals surface area (Å²) in [6, 6.07) is 17.8. The molecule has 0 bridgehead atoms. The van der Waals surface area contributed by atoms with Gasteiger partial charge in [0.1, 0.15) is 12.6 Å². The number of hydrogen-bond donors (Lipinski definition) is 4. The van der Waals surface area contributed by atoms with Crippen molar-refractivity contribution in [2.24, 2.45) is 17.6 Å². The number of alkyl carbamates (subject to hydrolysis) is 1. The van der Waals surface area contributed by atoms with E-state index in [2.05, 4.69) is 10.7 Å². The Labute approximate surface area is 208 Å². The monoisotopic (exact) mass is 484 g/mol. The number of aliphatic hydroxyl groups excluding tert-OH is 1. The van der Waals surface area contributed by atoms with Gasteiger partial charge < -0.3 is 20.9 Å². The van der Waals surface area contributed by atoms with E-state index in [1.807, 2.05) is 88.4 Å². The van der Waals surface area contributed by atoms with Gasteiger partial charge in [-0.3, -0.25) is 10.2 Å². The van der Waals surface area contributed by atoms with Crippen molar-refractivity contribution in [1.29, 1.82) is 0 Å². The van der Waals surface area contributed by atoms with Crippen molar-refractivity contribution >= 4 is 12.0 Å². The molecule has 0 heterocycles. The first-order valence-corrected chi connectivity index (χ1v) is 12.2. The molecule has 2 rings (SSSR count). The largest absolute Gasteiger partial charge is 0.445 e. The maximum absolute atomic E-state index is 13.1. The topological polar surface area (TPSA) is 117 Å². The van der Waals surface area contributed by atoms with Gasteiger partial charge in [0.2, 0.25) is 0 Å². The van der Waals surface area contributed by atoms with Gasteiger partial charge >= 0.3 is 6.09 Å². The predicted molar refractivity (Wildman–Crippen MR) is 137 cm³/mol. The Balaban J connectivity index is 1.95. The zero-order valence-electron chi connectivity index (χ0n) is 21.2. The van der Waals surface area contributed by atoms with Gasteiger partial charge in [-0.15, -0.1) is 0 Å². The van der Waals surface area contributed by atoms with Crippen LogP contribution in [0.3, 0.4) is 0 Å². The number of benzene rings is 2. The van der Waals surface area contributed by atoms with Crippen LogP contribution in [0.15, 0.2) is 60.7 Å². The zero-order chi connectivity index (χ0) is 25.8. The quantitative estimate of drug-likeness (QED) is 0.325. The summed E-state index contributed by atoms with van der Waals surface area (Å²) >= 11 is 0. The molecule has 3 atom stereocenters. The number of aliphatic hydroxyl groups is 1. The molecule has 8 heteroatoms. The molecule has 0 spiro atoms. The second-order valence-corrected chi connectivity index (χ2v) is 9.62. The molecule has 35 heavy (non-hydrogen) atoms. The Bertz CT molecular complexity index is 893. The lowest BCUT2D eigenvalue weighted by atomic mass is 10.0. The van der Waals surface area contributed by atoms with Crippen LogP contribution in [0.4, 0.5) is 4.79 Å². The maximum Gasteiger partial charge on any atom is 0.408 e. The molecule has 192 valence electrons. The van der Waals surface area contributed by atoms with Gasteiger partial charge in [0.15, 0.2) is 0 Å². The van der Waals surface area contributed by atoms with Gasteiger partial charge in [0.25, 0.3) is 5.91 Å². The van der Waals surface area contributed by atoms with Crippen molar-refractivity contribution in [2.45, 2.75) is 58.9 Å². The SMILES string of the molecule is CC(C)CN(C[C@H](O)[C@@H](N)Cc1ccccc1)NC(=O)[C@@H](NC(=O)OCc1ccccc1)C(C)C. The molecule has 8 nitrogen and oxygen atoms in total. The molecule has 0 aliphatic carbocycles. The summed E-state index contributed by atoms with van der Waals surface area (Å²) in [5, 5.41) is 15.1. The normalized spacial score (nSPS) is 14.0. The number of nitrogens with two attached hydrogens (primary N) is 1. The Morgan fingerprint density at radius 2 is 1.51 bits per heavy atom. The van der Waals surface area contributed by atoms with Crippen molar-refractivity contribution < 1.29 is 19.4 Å². The van der Waals surface area contributed by atoms with Crippen LogP contribution >= 0.6 is 0 Å². The fourth-order valence-electron chi connectivity index (χ4n) is 3.64. The van der Waals surface area contributed by atoms with Crippen LogP contribution in [0.5, 0.6) is 0 Å². The van der Waals surface area contributed by atoms with Crippen molar-refractivity contribution in [3.8, 4) is 0 Å². The highest BCUT2D eigenvalue weighted by Crippen LogP contribution is 2.09. The van der Waals surface area contributed by atoms with Gasteiger partial charge in [-0.05, 0) is 29.4 Å². The summed E-state index contributed by atoms with van der Waals surface area (Å²) in [6.45, 7) is 8.54. The molecule has 0 saturated heterocycles. The highest BCUT2D eigenvalue weighted by molar-refractivity contribution is 5.85. The first kappa shape index (κ1) is 28.3. The Kier molecular flexibility index (Phi) is 11.7. The molecule has 2 aromatic carbocycles. The molecule has 0 aliphatic rings. The number of nitrogens with zero attached hydrogens (tertiary/aromatic N) is 1. The summed E-state index contributed by atoms with van der Waals surface area (Å²) in [5.74, 6) is -0.319. The van der Waals surface area contributed by atoms with Crippen LogP contribution in [-0.4, -0.2) is 53.4 Å². The van der Waals surface area contributed by atoms with E-state index >= 15 is 0 Å². The number of nitrogens with one attached hydrogen (secondary N) is 2.